The summed E-state index contributed by atoms with van der Waals surface area (Å²) in [4.78, 5) is 37.8. The number of carbonyl (C=O) groups excluding carboxylic acids is 2. The number of ether oxygens (including phenoxy) is 2. The maximum Gasteiger partial charge on any atom is 0.339 e. The van der Waals surface area contributed by atoms with Gasteiger partial charge in [-0.2, -0.15) is 0 Å². The van der Waals surface area contributed by atoms with Gasteiger partial charge in [0.15, 0.2) is 0 Å². The van der Waals surface area contributed by atoms with Gasteiger partial charge in [0.1, 0.15) is 17.0 Å². The van der Waals surface area contributed by atoms with Gasteiger partial charge in [-0.15, -0.1) is 0 Å². The van der Waals surface area contributed by atoms with Gasteiger partial charge in [-0.3, -0.25) is 4.79 Å². The van der Waals surface area contributed by atoms with Gasteiger partial charge >= 0.3 is 11.9 Å². The predicted molar refractivity (Wildman–Crippen MR) is 101 cm³/mol. The third-order valence-corrected chi connectivity index (χ3v) is 5.21. The van der Waals surface area contributed by atoms with E-state index < -0.39 is 17.8 Å². The molecule has 0 unspecified atom stereocenters. The monoisotopic (exact) mass is 454 g/mol. The van der Waals surface area contributed by atoms with Crippen LogP contribution in [-0.4, -0.2) is 66.4 Å². The number of aromatic carboxylic acids is 1. The Morgan fingerprint density at radius 3 is 2.82 bits per heavy atom. The molecular weight excluding hydrogens is 436 g/mol. The van der Waals surface area contributed by atoms with Gasteiger partial charge in [-0.25, -0.2) is 9.59 Å². The highest BCUT2D eigenvalue weighted by Gasteiger charge is 2.36. The minimum Gasteiger partial charge on any atom is -0.492 e. The summed E-state index contributed by atoms with van der Waals surface area (Å²) >= 11 is 3.36. The number of anilines is 1. The first-order chi connectivity index (χ1) is 13.4. The molecule has 0 aromatic heterocycles. The Morgan fingerprint density at radius 2 is 2.18 bits per heavy atom. The molecule has 0 saturated heterocycles. The number of benzene rings is 1. The van der Waals surface area contributed by atoms with Gasteiger partial charge in [0, 0.05) is 16.6 Å². The number of β-amino-alcohol motifs (C(OH)–C–C–N with tert-alkyl or cyclic N) is 1. The predicted octanol–water partition coefficient (Wildman–Crippen LogP) is 1.15. The third kappa shape index (κ3) is 3.57. The van der Waals surface area contributed by atoms with Crippen LogP contribution in [0.4, 0.5) is 5.69 Å². The summed E-state index contributed by atoms with van der Waals surface area (Å²) in [5.74, 6) is -1.97. The molecule has 1 amide bonds. The molecule has 2 aliphatic heterocycles. The van der Waals surface area contributed by atoms with Crippen LogP contribution in [0.15, 0.2) is 21.8 Å². The molecule has 0 aliphatic carbocycles. The van der Waals surface area contributed by atoms with Crippen LogP contribution in [0.2, 0.25) is 0 Å². The highest BCUT2D eigenvalue weighted by molar-refractivity contribution is 9.10. The zero-order chi connectivity index (χ0) is 20.4. The normalized spacial score (nSPS) is 16.0. The summed E-state index contributed by atoms with van der Waals surface area (Å²) in [5, 5.41) is 21.6. The van der Waals surface area contributed by atoms with Crippen molar-refractivity contribution in [2.75, 3.05) is 38.7 Å². The Morgan fingerprint density at radius 1 is 1.43 bits per heavy atom. The first-order valence-corrected chi connectivity index (χ1v) is 9.38. The number of nitrogens with one attached hydrogen (secondary N) is 1. The largest absolute Gasteiger partial charge is 0.492 e. The number of aliphatic hydroxyl groups is 1. The summed E-state index contributed by atoms with van der Waals surface area (Å²) in [6, 6.07) is 1.40. The number of hydrogen-bond donors (Lipinski definition) is 3. The molecule has 2 heterocycles. The highest BCUT2D eigenvalue weighted by Crippen LogP contribution is 2.41. The summed E-state index contributed by atoms with van der Waals surface area (Å²) in [6.45, 7) is 0.240. The second kappa shape index (κ2) is 8.19. The van der Waals surface area contributed by atoms with Crippen LogP contribution in [0, 0.1) is 0 Å². The van der Waals surface area contributed by atoms with Gasteiger partial charge in [0.2, 0.25) is 0 Å². The first-order valence-electron chi connectivity index (χ1n) is 8.59. The van der Waals surface area contributed by atoms with Gasteiger partial charge in [-0.1, -0.05) is 0 Å². The zero-order valence-corrected chi connectivity index (χ0v) is 16.7. The van der Waals surface area contributed by atoms with Gasteiger partial charge in [-0.05, 0) is 34.8 Å². The first kappa shape index (κ1) is 20.2. The van der Waals surface area contributed by atoms with E-state index in [4.69, 9.17) is 14.6 Å². The maximum atomic E-state index is 12.7. The number of amides is 1. The number of carbonyl (C=O) groups is 3. The van der Waals surface area contributed by atoms with Gasteiger partial charge in [0.05, 0.1) is 38.1 Å². The number of esters is 1. The molecule has 0 saturated carbocycles. The van der Waals surface area contributed by atoms with Crippen molar-refractivity contribution in [3.05, 3.63) is 32.9 Å². The Bertz CT molecular complexity index is 881. The molecule has 0 spiro atoms. The molecule has 1 aromatic rings. The van der Waals surface area contributed by atoms with Crippen molar-refractivity contribution in [3.8, 4) is 5.75 Å². The molecule has 0 atom stereocenters. The molecule has 1 aromatic carbocycles. The lowest BCUT2D eigenvalue weighted by molar-refractivity contribution is -0.136. The van der Waals surface area contributed by atoms with Crippen molar-refractivity contribution in [1.29, 1.82) is 0 Å². The molecule has 3 N–H and O–H groups in total. The summed E-state index contributed by atoms with van der Waals surface area (Å²) < 4.78 is 10.8. The van der Waals surface area contributed by atoms with E-state index in [-0.39, 0.29) is 42.3 Å². The van der Waals surface area contributed by atoms with Gasteiger partial charge in [0.25, 0.3) is 5.91 Å². The Kier molecular flexibility index (Phi) is 5.90. The standard InChI is InChI=1S/C18H19BrN2O7/c1-27-18(26)11-8-21(4-5-22)16(23)14(11)20-13-9-3-2-6-28-15(9)10(17(24)25)7-12(13)19/h7,20,22H,2-6,8H2,1H3,(H,24,25). The van der Waals surface area contributed by atoms with E-state index in [1.165, 1.54) is 18.1 Å². The number of methoxy groups -OCH3 is 1. The Balaban J connectivity index is 2.07. The van der Waals surface area contributed by atoms with Crippen LogP contribution >= 0.6 is 15.9 Å². The molecule has 3 rings (SSSR count). The van der Waals surface area contributed by atoms with E-state index in [1.54, 1.807) is 0 Å². The van der Waals surface area contributed by atoms with E-state index in [0.717, 1.165) is 0 Å². The molecule has 0 fully saturated rings. The summed E-state index contributed by atoms with van der Waals surface area (Å²) in [6.07, 6.45) is 1.23. The fourth-order valence-electron chi connectivity index (χ4n) is 3.28. The van der Waals surface area contributed by atoms with E-state index in [1.807, 2.05) is 0 Å². The van der Waals surface area contributed by atoms with E-state index >= 15 is 0 Å². The number of fused-ring (bicyclic) bond motifs is 1. The lowest BCUT2D eigenvalue weighted by Crippen LogP contribution is -2.31. The quantitative estimate of drug-likeness (QED) is 0.546. The number of nitrogens with zero attached hydrogens (tertiary/aromatic N) is 1. The molecule has 150 valence electrons. The van der Waals surface area contributed by atoms with Gasteiger partial charge < -0.3 is 29.9 Å². The number of carboxylic acid groups (broad SMARTS) is 1. The van der Waals surface area contributed by atoms with Crippen LogP contribution in [0.1, 0.15) is 22.3 Å². The van der Waals surface area contributed by atoms with Crippen molar-refractivity contribution in [1.82, 2.24) is 4.90 Å². The van der Waals surface area contributed by atoms with E-state index in [2.05, 4.69) is 21.2 Å². The molecule has 0 bridgehead atoms. The molecule has 9 nitrogen and oxygen atoms in total. The molecule has 28 heavy (non-hydrogen) atoms. The number of aliphatic hydroxyl groups excluding tert-OH is 1. The number of rotatable bonds is 6. The fraction of sp³-hybridized carbons (Fsp3) is 0.389. The van der Waals surface area contributed by atoms with Crippen molar-refractivity contribution < 1.29 is 34.1 Å². The van der Waals surface area contributed by atoms with Crippen LogP contribution in [0.25, 0.3) is 0 Å². The lowest BCUT2D eigenvalue weighted by Gasteiger charge is -2.24. The SMILES string of the molecule is COC(=O)C1=C(Nc2c(Br)cc(C(=O)O)c3c2CCCO3)C(=O)N(CCO)C1. The van der Waals surface area contributed by atoms with Crippen molar-refractivity contribution >= 4 is 39.5 Å². The number of carboxylic acids is 1. The highest BCUT2D eigenvalue weighted by atomic mass is 79.9. The summed E-state index contributed by atoms with van der Waals surface area (Å²) in [7, 11) is 1.22. The molecular formula is C18H19BrN2O7. The average molecular weight is 455 g/mol. The molecule has 2 aliphatic rings. The average Bonchev–Trinajstić information content (AvgIpc) is 2.99. The van der Waals surface area contributed by atoms with Crippen LogP contribution < -0.4 is 10.1 Å². The Labute approximate surface area is 169 Å². The minimum absolute atomic E-state index is 0.0118. The maximum absolute atomic E-state index is 12.7. The zero-order valence-electron chi connectivity index (χ0n) is 15.1. The van der Waals surface area contributed by atoms with Crippen LogP contribution in [-0.2, 0) is 20.7 Å². The Hall–Kier alpha value is -2.59. The van der Waals surface area contributed by atoms with E-state index in [0.29, 0.717) is 35.2 Å². The summed E-state index contributed by atoms with van der Waals surface area (Å²) in [5.41, 5.74) is 1.28. The second-order valence-electron chi connectivity index (χ2n) is 6.27. The number of hydrogen-bond acceptors (Lipinski definition) is 7. The lowest BCUT2D eigenvalue weighted by atomic mass is 9.99. The molecule has 10 heteroatoms. The number of halogens is 1. The minimum atomic E-state index is -1.12. The van der Waals surface area contributed by atoms with Crippen molar-refractivity contribution in [2.24, 2.45) is 0 Å². The van der Waals surface area contributed by atoms with Crippen molar-refractivity contribution in [2.45, 2.75) is 12.8 Å². The van der Waals surface area contributed by atoms with E-state index in [9.17, 15) is 19.5 Å². The topological polar surface area (TPSA) is 125 Å². The third-order valence-electron chi connectivity index (χ3n) is 4.58. The molecule has 0 radical (unpaired) electrons. The second-order valence-corrected chi connectivity index (χ2v) is 7.12. The van der Waals surface area contributed by atoms with Crippen LogP contribution in [0.5, 0.6) is 5.75 Å². The fourth-order valence-corrected chi connectivity index (χ4v) is 3.85. The van der Waals surface area contributed by atoms with Crippen LogP contribution in [0.3, 0.4) is 0 Å². The smallest absolute Gasteiger partial charge is 0.339 e. The van der Waals surface area contributed by atoms with Crippen molar-refractivity contribution in [3.63, 3.8) is 0 Å².